The van der Waals surface area contributed by atoms with Crippen molar-refractivity contribution in [2.45, 2.75) is 111 Å². The Kier molecular flexibility index (Phi) is 7.64. The van der Waals surface area contributed by atoms with Crippen molar-refractivity contribution in [3.63, 3.8) is 0 Å². The zero-order valence-electron chi connectivity index (χ0n) is 22.4. The van der Waals surface area contributed by atoms with Crippen LogP contribution in [0.5, 0.6) is 0 Å². The van der Waals surface area contributed by atoms with Crippen LogP contribution in [0.3, 0.4) is 0 Å². The molecule has 2 aromatic rings. The minimum absolute atomic E-state index is 0.220. The zero-order chi connectivity index (χ0) is 24.0. The second-order valence-corrected chi connectivity index (χ2v) is 20.5. The molecule has 0 unspecified atom stereocenters. The summed E-state index contributed by atoms with van der Waals surface area (Å²) >= 11 is 0. The number of hydrogen-bond acceptors (Lipinski definition) is 0. The Balaban J connectivity index is 3.07. The first-order chi connectivity index (χ1) is 13.9. The number of hydrogen-bond donors (Lipinski definition) is 0. The molecule has 0 amide bonds. The Bertz CT molecular complexity index is 868. The van der Waals surface area contributed by atoms with Gasteiger partial charge >= 0.3 is 0 Å². The fourth-order valence-electron chi connectivity index (χ4n) is 5.45. The van der Waals surface area contributed by atoms with Crippen LogP contribution in [-0.2, 0) is 0 Å². The van der Waals surface area contributed by atoms with Gasteiger partial charge in [0.1, 0.15) is 0 Å². The molecule has 0 radical (unpaired) electrons. The molecular weight excluding hydrogens is 410 g/mol. The summed E-state index contributed by atoms with van der Waals surface area (Å²) in [5.41, 5.74) is 4.24. The summed E-state index contributed by atoms with van der Waals surface area (Å²) in [7, 11) is -0.811. The second-order valence-electron chi connectivity index (χ2n) is 12.8. The van der Waals surface area contributed by atoms with E-state index in [4.69, 9.17) is 0 Å². The highest BCUT2D eigenvalue weighted by Gasteiger charge is 2.43. The van der Waals surface area contributed by atoms with Crippen LogP contribution >= 0.6 is 15.8 Å². The topological polar surface area (TPSA) is 0 Å². The third-order valence-corrected chi connectivity index (χ3v) is 12.9. The Hall–Kier alpha value is -0.700. The van der Waals surface area contributed by atoms with Gasteiger partial charge in [-0.05, 0) is 54.8 Å². The smallest absolute Gasteiger partial charge is 0.00749 e. The molecule has 2 aromatic carbocycles. The molecule has 0 saturated heterocycles. The summed E-state index contributed by atoms with van der Waals surface area (Å²) in [4.78, 5) is 0. The van der Waals surface area contributed by atoms with Gasteiger partial charge in [-0.1, -0.05) is 141 Å². The van der Waals surface area contributed by atoms with E-state index < -0.39 is 7.92 Å². The lowest BCUT2D eigenvalue weighted by Crippen LogP contribution is -2.42. The Morgan fingerprint density at radius 1 is 0.484 bits per heavy atom. The molecule has 0 nitrogen and oxygen atoms in total. The van der Waals surface area contributed by atoms with Gasteiger partial charge in [-0.3, -0.25) is 0 Å². The van der Waals surface area contributed by atoms with Crippen molar-refractivity contribution in [1.29, 1.82) is 0 Å². The van der Waals surface area contributed by atoms with Gasteiger partial charge < -0.3 is 0 Å². The molecule has 0 N–H and O–H groups in total. The molecule has 31 heavy (non-hydrogen) atoms. The van der Waals surface area contributed by atoms with E-state index in [2.05, 4.69) is 132 Å². The van der Waals surface area contributed by atoms with E-state index in [-0.39, 0.29) is 28.5 Å². The maximum Gasteiger partial charge on any atom is -0.00749 e. The first-order valence-electron chi connectivity index (χ1n) is 11.7. The lowest BCUT2D eigenvalue weighted by molar-refractivity contribution is 0.711. The monoisotopic (exact) mass is 456 g/mol. The molecular formula is C29H46P2. The van der Waals surface area contributed by atoms with Crippen LogP contribution in [-0.4, -0.2) is 20.6 Å². The molecule has 0 fully saturated rings. The quantitative estimate of drug-likeness (QED) is 0.404. The van der Waals surface area contributed by atoms with Gasteiger partial charge in [0.25, 0.3) is 0 Å². The first-order valence-corrected chi connectivity index (χ1v) is 14.3. The highest BCUT2D eigenvalue weighted by atomic mass is 31.1. The lowest BCUT2D eigenvalue weighted by atomic mass is 10.0. The minimum atomic E-state index is -0.426. The van der Waals surface area contributed by atoms with Crippen LogP contribution in [0.25, 0.3) is 11.1 Å². The van der Waals surface area contributed by atoms with Crippen molar-refractivity contribution in [2.75, 3.05) is 0 Å². The summed E-state index contributed by atoms with van der Waals surface area (Å²) in [6, 6.07) is 16.2. The van der Waals surface area contributed by atoms with E-state index >= 15 is 0 Å². The lowest BCUT2D eigenvalue weighted by Gasteiger charge is -2.48. The van der Waals surface area contributed by atoms with Crippen molar-refractivity contribution < 1.29 is 0 Å². The van der Waals surface area contributed by atoms with Crippen LogP contribution in [0.2, 0.25) is 0 Å². The average Bonchev–Trinajstić information content (AvgIpc) is 2.52. The van der Waals surface area contributed by atoms with Crippen molar-refractivity contribution in [3.05, 3.63) is 48.0 Å². The van der Waals surface area contributed by atoms with E-state index in [0.29, 0.717) is 0 Å². The summed E-state index contributed by atoms with van der Waals surface area (Å²) < 4.78 is 0. The molecule has 0 heterocycles. The Morgan fingerprint density at radius 3 is 1.32 bits per heavy atom. The summed E-state index contributed by atoms with van der Waals surface area (Å²) in [6.45, 7) is 31.7. The summed E-state index contributed by atoms with van der Waals surface area (Å²) in [5, 5.41) is 4.21. The SMILES string of the molecule is Cc1ccccc1-c1cccc(P(C(C)(C)C)C(C)(C)C)c1P(C(C)(C)C)C(C)(C)C. The molecule has 172 valence electrons. The van der Waals surface area contributed by atoms with E-state index in [9.17, 15) is 0 Å². The van der Waals surface area contributed by atoms with Gasteiger partial charge in [-0.25, -0.2) is 0 Å². The van der Waals surface area contributed by atoms with Crippen molar-refractivity contribution in [1.82, 2.24) is 0 Å². The van der Waals surface area contributed by atoms with Crippen molar-refractivity contribution >= 4 is 26.5 Å². The third kappa shape index (κ3) is 6.01. The number of aryl methyl sites for hydroxylation is 1. The largest absolute Gasteiger partial charge is 0.0636 e. The van der Waals surface area contributed by atoms with E-state index in [1.54, 1.807) is 10.6 Å². The van der Waals surface area contributed by atoms with Crippen LogP contribution in [0.1, 0.15) is 88.6 Å². The van der Waals surface area contributed by atoms with Gasteiger partial charge in [-0.2, -0.15) is 0 Å². The predicted octanol–water partition coefficient (Wildman–Crippen LogP) is 9.07. The fourth-order valence-corrected chi connectivity index (χ4v) is 14.2. The maximum atomic E-state index is 2.48. The average molecular weight is 457 g/mol. The number of rotatable bonds is 3. The first kappa shape index (κ1) is 26.6. The fraction of sp³-hybridized carbons (Fsp3) is 0.586. The van der Waals surface area contributed by atoms with E-state index in [1.165, 1.54) is 16.7 Å². The standard InChI is InChI=1S/C29H46P2/c1-21-17-14-15-18-22(21)23-19-16-20-24(30(26(2,3)4)27(5,6)7)25(23)31(28(8,9)10)29(11,12)13/h14-20H,1-13H3. The Labute approximate surface area is 196 Å². The molecule has 0 aliphatic heterocycles. The van der Waals surface area contributed by atoms with Crippen LogP contribution in [0.15, 0.2) is 42.5 Å². The molecule has 0 aromatic heterocycles. The highest BCUT2D eigenvalue weighted by Crippen LogP contribution is 2.63. The number of benzene rings is 2. The summed E-state index contributed by atoms with van der Waals surface area (Å²) in [5.74, 6) is 0. The molecule has 0 bridgehead atoms. The van der Waals surface area contributed by atoms with Crippen LogP contribution < -0.4 is 10.6 Å². The predicted molar refractivity (Wildman–Crippen MR) is 149 cm³/mol. The molecule has 0 saturated carbocycles. The maximum absolute atomic E-state index is 2.48. The van der Waals surface area contributed by atoms with Gasteiger partial charge in [0.05, 0.1) is 0 Å². The van der Waals surface area contributed by atoms with Gasteiger partial charge in [0, 0.05) is 0 Å². The summed E-state index contributed by atoms with van der Waals surface area (Å²) in [6.07, 6.45) is 0. The minimum Gasteiger partial charge on any atom is -0.0636 e. The normalized spacial score (nSPS) is 13.9. The van der Waals surface area contributed by atoms with E-state index in [1.807, 2.05) is 0 Å². The third-order valence-electron chi connectivity index (χ3n) is 5.60. The van der Waals surface area contributed by atoms with Gasteiger partial charge in [0.2, 0.25) is 0 Å². The van der Waals surface area contributed by atoms with Crippen LogP contribution in [0.4, 0.5) is 0 Å². The molecule has 0 aliphatic carbocycles. The molecule has 2 rings (SSSR count). The Morgan fingerprint density at radius 2 is 0.903 bits per heavy atom. The van der Waals surface area contributed by atoms with Crippen molar-refractivity contribution in [2.24, 2.45) is 0 Å². The van der Waals surface area contributed by atoms with Crippen LogP contribution in [0, 0.1) is 6.92 Å². The molecule has 0 spiro atoms. The van der Waals surface area contributed by atoms with Gasteiger partial charge in [0.15, 0.2) is 0 Å². The highest BCUT2D eigenvalue weighted by molar-refractivity contribution is 7.75. The molecule has 0 aliphatic rings. The van der Waals surface area contributed by atoms with E-state index in [0.717, 1.165) is 0 Å². The second kappa shape index (κ2) is 8.92. The zero-order valence-corrected chi connectivity index (χ0v) is 24.2. The van der Waals surface area contributed by atoms with Crippen molar-refractivity contribution in [3.8, 4) is 11.1 Å². The molecule has 2 heteroatoms. The van der Waals surface area contributed by atoms with Gasteiger partial charge in [-0.15, -0.1) is 0 Å². The molecule has 0 atom stereocenters.